The minimum absolute atomic E-state index is 0.784. The van der Waals surface area contributed by atoms with Crippen LogP contribution in [0.1, 0.15) is 16.7 Å². The van der Waals surface area contributed by atoms with Gasteiger partial charge in [-0.1, -0.05) is 0 Å². The summed E-state index contributed by atoms with van der Waals surface area (Å²) in [6.07, 6.45) is 0.784. The number of aryl methyl sites for hydroxylation is 1. The molecule has 0 heterocycles. The van der Waals surface area contributed by atoms with Crippen LogP contribution in [0.15, 0.2) is 109 Å². The molecule has 0 fully saturated rings. The summed E-state index contributed by atoms with van der Waals surface area (Å²) in [7, 11) is 0. The molecule has 0 unspecified atom stereocenters. The van der Waals surface area contributed by atoms with Crippen molar-refractivity contribution in [1.82, 2.24) is 0 Å². The molecule has 0 nitrogen and oxygen atoms in total. The first-order valence-electron chi connectivity index (χ1n) is 9.99. The van der Waals surface area contributed by atoms with Gasteiger partial charge in [-0.25, -0.2) is 0 Å². The standard InChI is InChI=1S/C27H26ClP/c1-22-13-12-20-27(23(22)2)29(28,25-16-8-4-9-17-25,26-18-10-5-11-19-26)21-24-14-6-3-7-15-24/h3-20H,21H2,1-2H3. The van der Waals surface area contributed by atoms with Crippen molar-refractivity contribution in [3.05, 3.63) is 126 Å². The fourth-order valence-corrected chi connectivity index (χ4v) is 11.1. The third-order valence-electron chi connectivity index (χ3n) is 5.99. The van der Waals surface area contributed by atoms with Gasteiger partial charge in [0.05, 0.1) is 0 Å². The fraction of sp³-hybridized carbons (Fsp3) is 0.111. The van der Waals surface area contributed by atoms with E-state index in [4.69, 9.17) is 11.2 Å². The third-order valence-corrected chi connectivity index (χ3v) is 13.3. The number of hydrogen-bond donors (Lipinski definition) is 0. The zero-order chi connectivity index (χ0) is 20.3. The molecule has 4 rings (SSSR count). The van der Waals surface area contributed by atoms with E-state index in [1.165, 1.54) is 32.6 Å². The molecule has 0 spiro atoms. The van der Waals surface area contributed by atoms with Gasteiger partial charge in [0, 0.05) is 0 Å². The van der Waals surface area contributed by atoms with E-state index in [2.05, 4.69) is 123 Å². The normalized spacial score (nSPS) is 12.9. The average molecular weight is 417 g/mol. The van der Waals surface area contributed by atoms with Crippen LogP contribution in [0.5, 0.6) is 0 Å². The van der Waals surface area contributed by atoms with Crippen LogP contribution in [0.2, 0.25) is 0 Å². The van der Waals surface area contributed by atoms with Crippen molar-refractivity contribution in [2.24, 2.45) is 0 Å². The quantitative estimate of drug-likeness (QED) is 0.326. The van der Waals surface area contributed by atoms with E-state index in [1.54, 1.807) is 0 Å². The van der Waals surface area contributed by atoms with Gasteiger partial charge in [-0.15, -0.1) is 0 Å². The molecule has 0 saturated carbocycles. The summed E-state index contributed by atoms with van der Waals surface area (Å²) in [4.78, 5) is 0. The van der Waals surface area contributed by atoms with Crippen LogP contribution in [-0.4, -0.2) is 0 Å². The third kappa shape index (κ3) is 3.31. The Morgan fingerprint density at radius 3 is 1.59 bits per heavy atom. The van der Waals surface area contributed by atoms with E-state index in [9.17, 15) is 0 Å². The Labute approximate surface area is 178 Å². The molecule has 0 saturated heterocycles. The van der Waals surface area contributed by atoms with Gasteiger partial charge in [0.2, 0.25) is 0 Å². The Kier molecular flexibility index (Phi) is 5.34. The average Bonchev–Trinajstić information content (AvgIpc) is 2.77. The summed E-state index contributed by atoms with van der Waals surface area (Å²) >= 11 is 8.22. The van der Waals surface area contributed by atoms with Crippen molar-refractivity contribution in [2.45, 2.75) is 20.0 Å². The van der Waals surface area contributed by atoms with E-state index < -0.39 is 5.96 Å². The Morgan fingerprint density at radius 2 is 1.07 bits per heavy atom. The first kappa shape index (κ1) is 19.9. The molecule has 0 aliphatic carbocycles. The van der Waals surface area contributed by atoms with Gasteiger partial charge in [-0.3, -0.25) is 0 Å². The van der Waals surface area contributed by atoms with E-state index in [1.807, 2.05) is 0 Å². The minimum atomic E-state index is -3.29. The molecule has 146 valence electrons. The van der Waals surface area contributed by atoms with Gasteiger partial charge >= 0.3 is 179 Å². The second kappa shape index (κ2) is 7.79. The molecule has 0 radical (unpaired) electrons. The van der Waals surface area contributed by atoms with Crippen molar-refractivity contribution < 1.29 is 0 Å². The summed E-state index contributed by atoms with van der Waals surface area (Å²) in [6, 6.07) is 38.7. The topological polar surface area (TPSA) is 0 Å². The van der Waals surface area contributed by atoms with Crippen molar-refractivity contribution in [3.8, 4) is 0 Å². The molecule has 0 aromatic heterocycles. The predicted octanol–water partition coefficient (Wildman–Crippen LogP) is 6.49. The zero-order valence-electron chi connectivity index (χ0n) is 16.9. The second-order valence-corrected chi connectivity index (χ2v) is 14.2. The maximum atomic E-state index is 8.22. The molecule has 4 aromatic carbocycles. The van der Waals surface area contributed by atoms with Gasteiger partial charge < -0.3 is 0 Å². The molecule has 0 aliphatic rings. The molecule has 0 N–H and O–H groups in total. The van der Waals surface area contributed by atoms with Gasteiger partial charge in [-0.2, -0.15) is 0 Å². The van der Waals surface area contributed by atoms with Crippen molar-refractivity contribution in [1.29, 1.82) is 0 Å². The molecule has 0 aliphatic heterocycles. The summed E-state index contributed by atoms with van der Waals surface area (Å²) < 4.78 is 0. The number of hydrogen-bond acceptors (Lipinski definition) is 0. The summed E-state index contributed by atoms with van der Waals surface area (Å²) in [6.45, 7) is 4.39. The van der Waals surface area contributed by atoms with E-state index >= 15 is 0 Å². The number of benzene rings is 4. The van der Waals surface area contributed by atoms with Crippen LogP contribution in [-0.2, 0) is 6.16 Å². The van der Waals surface area contributed by atoms with Crippen molar-refractivity contribution in [3.63, 3.8) is 0 Å². The van der Waals surface area contributed by atoms with E-state index in [-0.39, 0.29) is 0 Å². The SMILES string of the molecule is Cc1cccc(P(Cl)(Cc2ccccc2)(c2ccccc2)c2ccccc2)c1C. The Balaban J connectivity index is 2.16. The molecule has 0 atom stereocenters. The Bertz CT molecular complexity index is 1070. The van der Waals surface area contributed by atoms with Crippen molar-refractivity contribution in [2.75, 3.05) is 0 Å². The van der Waals surface area contributed by atoms with Crippen LogP contribution in [0.3, 0.4) is 0 Å². The number of rotatable bonds is 5. The Morgan fingerprint density at radius 1 is 0.586 bits per heavy atom. The molecular weight excluding hydrogens is 391 g/mol. The first-order chi connectivity index (χ1) is 14.0. The van der Waals surface area contributed by atoms with Crippen LogP contribution >= 0.6 is 17.2 Å². The Hall–Kier alpha value is -2.40. The van der Waals surface area contributed by atoms with Gasteiger partial charge in [-0.05, 0) is 0 Å². The maximum absolute atomic E-state index is 8.22. The van der Waals surface area contributed by atoms with Gasteiger partial charge in [0.25, 0.3) is 0 Å². The van der Waals surface area contributed by atoms with E-state index in [0.29, 0.717) is 0 Å². The van der Waals surface area contributed by atoms with Gasteiger partial charge in [0.1, 0.15) is 0 Å². The van der Waals surface area contributed by atoms with Gasteiger partial charge in [0.15, 0.2) is 0 Å². The second-order valence-electron chi connectivity index (χ2n) is 7.72. The zero-order valence-corrected chi connectivity index (χ0v) is 18.6. The fourth-order valence-electron chi connectivity index (χ4n) is 4.34. The first-order valence-corrected chi connectivity index (χ1v) is 13.3. The monoisotopic (exact) mass is 416 g/mol. The van der Waals surface area contributed by atoms with Crippen molar-refractivity contribution >= 4 is 33.1 Å². The summed E-state index contributed by atoms with van der Waals surface area (Å²) in [5.74, 6) is -3.29. The molecule has 0 bridgehead atoms. The molecule has 0 amide bonds. The molecule has 29 heavy (non-hydrogen) atoms. The molecular formula is C27H26ClP. The van der Waals surface area contributed by atoms with Crippen LogP contribution in [0.4, 0.5) is 0 Å². The van der Waals surface area contributed by atoms with E-state index in [0.717, 1.165) is 6.16 Å². The van der Waals surface area contributed by atoms with Crippen LogP contribution in [0, 0.1) is 13.8 Å². The van der Waals surface area contributed by atoms with Crippen LogP contribution in [0.25, 0.3) is 0 Å². The number of halogens is 1. The van der Waals surface area contributed by atoms with Crippen LogP contribution < -0.4 is 15.9 Å². The predicted molar refractivity (Wildman–Crippen MR) is 131 cm³/mol. The summed E-state index contributed by atoms with van der Waals surface area (Å²) in [5.41, 5.74) is 3.81. The molecule has 4 aromatic rings. The summed E-state index contributed by atoms with van der Waals surface area (Å²) in [5, 5.41) is 3.69. The molecule has 2 heteroatoms.